The molecule has 1 aromatic rings. The van der Waals surface area contributed by atoms with Crippen molar-refractivity contribution < 1.29 is 18.8 Å². The van der Waals surface area contributed by atoms with Crippen molar-refractivity contribution in [2.24, 2.45) is 5.92 Å². The Labute approximate surface area is 118 Å². The quantitative estimate of drug-likeness (QED) is 0.746. The lowest BCUT2D eigenvalue weighted by atomic mass is 9.85. The highest BCUT2D eigenvalue weighted by molar-refractivity contribution is 5.71. The van der Waals surface area contributed by atoms with Gasteiger partial charge in [0.05, 0.1) is 7.11 Å². The summed E-state index contributed by atoms with van der Waals surface area (Å²) in [5.41, 5.74) is 0. The molecule has 0 N–H and O–H groups in total. The minimum Gasteiger partial charge on any atom is -0.469 e. The van der Waals surface area contributed by atoms with E-state index in [-0.39, 0.29) is 24.4 Å². The molecule has 1 aliphatic rings. The van der Waals surface area contributed by atoms with Gasteiger partial charge in [-0.2, -0.15) is 4.98 Å². The van der Waals surface area contributed by atoms with E-state index in [1.165, 1.54) is 26.4 Å². The van der Waals surface area contributed by atoms with E-state index in [0.29, 0.717) is 18.3 Å². The highest BCUT2D eigenvalue weighted by Crippen LogP contribution is 2.35. The zero-order valence-electron chi connectivity index (χ0n) is 12.1. The number of methoxy groups -OCH3 is 1. The van der Waals surface area contributed by atoms with Gasteiger partial charge in [0, 0.05) is 6.61 Å². The van der Waals surface area contributed by atoms with Crippen LogP contribution < -0.4 is 0 Å². The highest BCUT2D eigenvalue weighted by Gasteiger charge is 2.29. The number of carbonyl (C=O) groups is 1. The maximum absolute atomic E-state index is 11.2. The first kappa shape index (κ1) is 15.0. The van der Waals surface area contributed by atoms with Crippen molar-refractivity contribution in [1.82, 2.24) is 10.1 Å². The second-order valence-electron chi connectivity index (χ2n) is 5.07. The Morgan fingerprint density at radius 2 is 2.15 bits per heavy atom. The smallest absolute Gasteiger partial charge is 0.315 e. The first-order valence-electron chi connectivity index (χ1n) is 7.25. The summed E-state index contributed by atoms with van der Waals surface area (Å²) in [5, 5.41) is 3.98. The Morgan fingerprint density at radius 1 is 1.40 bits per heavy atom. The average Bonchev–Trinajstić information content (AvgIpc) is 2.93. The van der Waals surface area contributed by atoms with Crippen molar-refractivity contribution in [3.63, 3.8) is 0 Å². The van der Waals surface area contributed by atoms with E-state index in [1.807, 2.05) is 6.92 Å². The van der Waals surface area contributed by atoms with Crippen LogP contribution in [0.2, 0.25) is 0 Å². The Kier molecular flexibility index (Phi) is 5.52. The van der Waals surface area contributed by atoms with Crippen LogP contribution in [0, 0.1) is 5.92 Å². The normalized spacial score (nSPS) is 17.9. The fourth-order valence-corrected chi connectivity index (χ4v) is 2.69. The van der Waals surface area contributed by atoms with Gasteiger partial charge in [-0.1, -0.05) is 24.4 Å². The fourth-order valence-electron chi connectivity index (χ4n) is 2.69. The number of carbonyl (C=O) groups excluding carboxylic acids is 1. The summed E-state index contributed by atoms with van der Waals surface area (Å²) in [5.74, 6) is 0.892. The monoisotopic (exact) mass is 282 g/mol. The molecule has 1 aromatic heterocycles. The first-order valence-corrected chi connectivity index (χ1v) is 7.25. The highest BCUT2D eigenvalue weighted by atomic mass is 16.5. The Balaban J connectivity index is 2.06. The summed E-state index contributed by atoms with van der Waals surface area (Å²) in [6, 6.07) is 0. The van der Waals surface area contributed by atoms with Crippen molar-refractivity contribution in [3.8, 4) is 0 Å². The van der Waals surface area contributed by atoms with Crippen molar-refractivity contribution >= 4 is 5.97 Å². The lowest BCUT2D eigenvalue weighted by Crippen LogP contribution is -2.20. The van der Waals surface area contributed by atoms with E-state index < -0.39 is 0 Å². The van der Waals surface area contributed by atoms with Crippen LogP contribution in [0.4, 0.5) is 0 Å². The molecular formula is C14H22N2O4. The molecular weight excluding hydrogens is 260 g/mol. The number of hydrogen-bond acceptors (Lipinski definition) is 6. The summed E-state index contributed by atoms with van der Waals surface area (Å²) >= 11 is 0. The van der Waals surface area contributed by atoms with E-state index in [4.69, 9.17) is 9.26 Å². The molecule has 1 heterocycles. The third kappa shape index (κ3) is 3.79. The van der Waals surface area contributed by atoms with Gasteiger partial charge in [-0.15, -0.1) is 0 Å². The standard InChI is InChI=1S/C14H22N2O4/c1-3-19-13(10-7-5-4-6-8-10)14-15-11(20-16-14)9-12(17)18-2/h10,13H,3-9H2,1-2H3. The predicted octanol–water partition coefficient (Wildman–Crippen LogP) is 2.44. The SMILES string of the molecule is CCOC(c1noc(CC(=O)OC)n1)C1CCCCC1. The van der Waals surface area contributed by atoms with Crippen LogP contribution in [0.3, 0.4) is 0 Å². The van der Waals surface area contributed by atoms with Crippen LogP contribution in [-0.2, 0) is 20.7 Å². The number of rotatable bonds is 6. The van der Waals surface area contributed by atoms with Crippen LogP contribution in [-0.4, -0.2) is 29.8 Å². The zero-order chi connectivity index (χ0) is 14.4. The van der Waals surface area contributed by atoms with Gasteiger partial charge >= 0.3 is 5.97 Å². The van der Waals surface area contributed by atoms with Crippen LogP contribution in [0.15, 0.2) is 4.52 Å². The van der Waals surface area contributed by atoms with Gasteiger partial charge in [0.1, 0.15) is 12.5 Å². The van der Waals surface area contributed by atoms with Crippen molar-refractivity contribution in [3.05, 3.63) is 11.7 Å². The van der Waals surface area contributed by atoms with Crippen molar-refractivity contribution in [2.45, 2.75) is 51.6 Å². The molecule has 0 aliphatic heterocycles. The third-order valence-corrected chi connectivity index (χ3v) is 3.69. The van der Waals surface area contributed by atoms with Crippen LogP contribution in [0.1, 0.15) is 56.8 Å². The van der Waals surface area contributed by atoms with E-state index >= 15 is 0 Å². The molecule has 0 radical (unpaired) electrons. The van der Waals surface area contributed by atoms with E-state index in [2.05, 4.69) is 14.9 Å². The average molecular weight is 282 g/mol. The zero-order valence-corrected chi connectivity index (χ0v) is 12.1. The second kappa shape index (κ2) is 7.38. The Bertz CT molecular complexity index is 427. The fraction of sp³-hybridized carbons (Fsp3) is 0.786. The molecule has 0 aromatic carbocycles. The minimum atomic E-state index is -0.383. The van der Waals surface area contributed by atoms with Gasteiger partial charge in [-0.25, -0.2) is 0 Å². The topological polar surface area (TPSA) is 74.5 Å². The van der Waals surface area contributed by atoms with E-state index in [0.717, 1.165) is 12.8 Å². The molecule has 0 bridgehead atoms. The lowest BCUT2D eigenvalue weighted by molar-refractivity contribution is -0.140. The molecule has 1 aliphatic carbocycles. The van der Waals surface area contributed by atoms with E-state index in [1.54, 1.807) is 0 Å². The van der Waals surface area contributed by atoms with Gasteiger partial charge < -0.3 is 14.0 Å². The largest absolute Gasteiger partial charge is 0.469 e. The summed E-state index contributed by atoms with van der Waals surface area (Å²) in [7, 11) is 1.34. The predicted molar refractivity (Wildman–Crippen MR) is 71.0 cm³/mol. The molecule has 0 spiro atoms. The van der Waals surface area contributed by atoms with Gasteiger partial charge in [0.25, 0.3) is 0 Å². The molecule has 1 unspecified atom stereocenters. The van der Waals surface area contributed by atoms with Gasteiger partial charge in [0.2, 0.25) is 11.7 Å². The second-order valence-corrected chi connectivity index (χ2v) is 5.07. The maximum Gasteiger partial charge on any atom is 0.315 e. The number of nitrogens with zero attached hydrogens (tertiary/aromatic N) is 2. The van der Waals surface area contributed by atoms with Crippen LogP contribution in [0.25, 0.3) is 0 Å². The minimum absolute atomic E-state index is 0.00696. The van der Waals surface area contributed by atoms with Crippen LogP contribution >= 0.6 is 0 Å². The molecule has 20 heavy (non-hydrogen) atoms. The van der Waals surface area contributed by atoms with E-state index in [9.17, 15) is 4.79 Å². The number of aromatic nitrogens is 2. The van der Waals surface area contributed by atoms with Gasteiger partial charge in [-0.05, 0) is 25.7 Å². The van der Waals surface area contributed by atoms with Crippen molar-refractivity contribution in [2.75, 3.05) is 13.7 Å². The van der Waals surface area contributed by atoms with Gasteiger partial charge in [-0.3, -0.25) is 4.79 Å². The molecule has 1 fully saturated rings. The molecule has 112 valence electrons. The molecule has 2 rings (SSSR count). The van der Waals surface area contributed by atoms with Gasteiger partial charge in [0.15, 0.2) is 0 Å². The summed E-state index contributed by atoms with van der Waals surface area (Å²) in [6.07, 6.45) is 5.87. The molecule has 1 atom stereocenters. The molecule has 6 heteroatoms. The molecule has 0 amide bonds. The van der Waals surface area contributed by atoms with Crippen molar-refractivity contribution in [1.29, 1.82) is 0 Å². The Hall–Kier alpha value is -1.43. The molecule has 1 saturated carbocycles. The van der Waals surface area contributed by atoms with Crippen LogP contribution in [0.5, 0.6) is 0 Å². The summed E-state index contributed by atoms with van der Waals surface area (Å²) in [6.45, 7) is 2.58. The molecule has 0 saturated heterocycles. The molecule has 6 nitrogen and oxygen atoms in total. The number of hydrogen-bond donors (Lipinski definition) is 0. The summed E-state index contributed by atoms with van der Waals surface area (Å²) < 4.78 is 15.5. The third-order valence-electron chi connectivity index (χ3n) is 3.69. The Morgan fingerprint density at radius 3 is 2.80 bits per heavy atom. The first-order chi connectivity index (χ1) is 9.74. The lowest BCUT2D eigenvalue weighted by Gasteiger charge is -2.27. The number of ether oxygens (including phenoxy) is 2. The summed E-state index contributed by atoms with van der Waals surface area (Å²) in [4.78, 5) is 15.5. The maximum atomic E-state index is 11.2. The number of esters is 1.